The van der Waals surface area contributed by atoms with Crippen LogP contribution in [0.15, 0.2) is 24.4 Å². The Labute approximate surface area is 185 Å². The zero-order chi connectivity index (χ0) is 22.1. The second-order valence-corrected chi connectivity index (χ2v) is 9.71. The number of fused-ring (bicyclic) bond motifs is 3. The van der Waals surface area contributed by atoms with Crippen LogP contribution < -0.4 is 4.74 Å². The molecule has 2 aliphatic carbocycles. The lowest BCUT2D eigenvalue weighted by atomic mass is 9.50. The van der Waals surface area contributed by atoms with Crippen molar-refractivity contribution in [3.8, 4) is 5.75 Å². The van der Waals surface area contributed by atoms with Gasteiger partial charge in [-0.15, -0.1) is 5.10 Å². The quantitative estimate of drug-likeness (QED) is 0.594. The van der Waals surface area contributed by atoms with Gasteiger partial charge in [0.25, 0.3) is 0 Å². The molecule has 0 radical (unpaired) electrons. The van der Waals surface area contributed by atoms with E-state index >= 15 is 0 Å². The van der Waals surface area contributed by atoms with Crippen molar-refractivity contribution in [2.45, 2.75) is 84.3 Å². The number of nitrogens with zero attached hydrogens (tertiary/aromatic N) is 3. The van der Waals surface area contributed by atoms with Crippen molar-refractivity contribution in [3.63, 3.8) is 0 Å². The van der Waals surface area contributed by atoms with E-state index in [1.54, 1.807) is 0 Å². The predicted octanol–water partition coefficient (Wildman–Crippen LogP) is 4.84. The van der Waals surface area contributed by atoms with Gasteiger partial charge in [-0.3, -0.25) is 9.48 Å². The van der Waals surface area contributed by atoms with Crippen molar-refractivity contribution in [2.24, 2.45) is 11.3 Å². The maximum atomic E-state index is 12.7. The van der Waals surface area contributed by atoms with Crippen molar-refractivity contribution in [2.75, 3.05) is 7.11 Å². The molecule has 31 heavy (non-hydrogen) atoms. The molecule has 3 atom stereocenters. The number of esters is 1. The molecule has 2 aromatic rings. The van der Waals surface area contributed by atoms with Gasteiger partial charge < -0.3 is 9.47 Å². The van der Waals surface area contributed by atoms with E-state index in [4.69, 9.17) is 9.47 Å². The molecule has 0 N–H and O–H groups in total. The summed E-state index contributed by atoms with van der Waals surface area (Å²) in [4.78, 5) is 12.7. The summed E-state index contributed by atoms with van der Waals surface area (Å²) in [5.41, 5.74) is 3.09. The average Bonchev–Trinajstić information content (AvgIpc) is 3.23. The van der Waals surface area contributed by atoms with Crippen LogP contribution in [0.1, 0.15) is 76.1 Å². The molecule has 0 aliphatic heterocycles. The van der Waals surface area contributed by atoms with Crippen molar-refractivity contribution < 1.29 is 14.3 Å². The van der Waals surface area contributed by atoms with E-state index in [0.717, 1.165) is 62.9 Å². The second-order valence-electron chi connectivity index (χ2n) is 9.71. The molecule has 1 heterocycles. The highest BCUT2D eigenvalue weighted by atomic mass is 16.5. The lowest BCUT2D eigenvalue weighted by molar-refractivity contribution is -0.161. The third-order valence-electron chi connectivity index (χ3n) is 7.69. The molecule has 0 unspecified atom stereocenters. The van der Waals surface area contributed by atoms with Crippen LogP contribution in [-0.4, -0.2) is 28.1 Å². The average molecular weight is 426 g/mol. The lowest BCUT2D eigenvalue weighted by Gasteiger charge is -2.54. The zero-order valence-corrected chi connectivity index (χ0v) is 19.3. The first kappa shape index (κ1) is 21.8. The minimum Gasteiger partial charge on any atom is -0.487 e. The molecular formula is C25H35N3O3. The Bertz CT molecular complexity index is 940. The fraction of sp³-hybridized carbons (Fsp3) is 0.640. The molecule has 2 aliphatic rings. The number of aryl methyl sites for hydroxylation is 2. The van der Waals surface area contributed by atoms with Gasteiger partial charge in [0, 0.05) is 6.54 Å². The van der Waals surface area contributed by atoms with E-state index in [9.17, 15) is 4.79 Å². The van der Waals surface area contributed by atoms with Crippen LogP contribution in [0.25, 0.3) is 0 Å². The van der Waals surface area contributed by atoms with Crippen LogP contribution >= 0.6 is 0 Å². The van der Waals surface area contributed by atoms with Gasteiger partial charge in [0.15, 0.2) is 0 Å². The zero-order valence-electron chi connectivity index (χ0n) is 19.3. The van der Waals surface area contributed by atoms with Gasteiger partial charge >= 0.3 is 5.97 Å². The fourth-order valence-electron chi connectivity index (χ4n) is 6.00. The minimum atomic E-state index is -0.423. The number of methoxy groups -OCH3 is 1. The number of hydrogen-bond donors (Lipinski definition) is 0. The Hall–Kier alpha value is -2.37. The van der Waals surface area contributed by atoms with Crippen molar-refractivity contribution >= 4 is 5.97 Å². The van der Waals surface area contributed by atoms with Crippen LogP contribution in [0.2, 0.25) is 0 Å². The Morgan fingerprint density at radius 2 is 2.13 bits per heavy atom. The van der Waals surface area contributed by atoms with Crippen LogP contribution in [0.5, 0.6) is 5.75 Å². The topological polar surface area (TPSA) is 66.2 Å². The van der Waals surface area contributed by atoms with Crippen LogP contribution in [-0.2, 0) is 34.5 Å². The summed E-state index contributed by atoms with van der Waals surface area (Å²) < 4.78 is 13.2. The van der Waals surface area contributed by atoms with Crippen molar-refractivity contribution in [1.82, 2.24) is 15.0 Å². The summed E-state index contributed by atoms with van der Waals surface area (Å²) >= 11 is 0. The molecule has 0 spiro atoms. The molecule has 0 amide bonds. The van der Waals surface area contributed by atoms with Gasteiger partial charge in [-0.05, 0) is 73.6 Å². The monoisotopic (exact) mass is 425 g/mol. The SMILES string of the molecule is CCCCn1cc(COc2ccc3c(c2)[C@@]2(C)CCC[C@](C)(C(=O)OC)[C@@H]2CC3)nn1. The molecule has 0 saturated heterocycles. The maximum Gasteiger partial charge on any atom is 0.311 e. The molecule has 168 valence electrons. The van der Waals surface area contributed by atoms with Crippen LogP contribution in [0.4, 0.5) is 0 Å². The smallest absolute Gasteiger partial charge is 0.311 e. The highest BCUT2D eigenvalue weighted by Crippen LogP contribution is 2.57. The summed E-state index contributed by atoms with van der Waals surface area (Å²) in [6.07, 6.45) is 9.24. The number of benzene rings is 1. The Kier molecular flexibility index (Phi) is 6.09. The number of aromatic nitrogens is 3. The van der Waals surface area contributed by atoms with Gasteiger partial charge in [0.1, 0.15) is 18.1 Å². The number of carbonyl (C=O) groups excluding carboxylic acids is 1. The first-order valence-electron chi connectivity index (χ1n) is 11.6. The second kappa shape index (κ2) is 8.64. The van der Waals surface area contributed by atoms with Crippen molar-refractivity contribution in [1.29, 1.82) is 0 Å². The summed E-state index contributed by atoms with van der Waals surface area (Å²) in [6, 6.07) is 6.46. The Balaban J connectivity index is 1.54. The van der Waals surface area contributed by atoms with Gasteiger partial charge in [-0.2, -0.15) is 0 Å². The first-order chi connectivity index (χ1) is 14.9. The summed E-state index contributed by atoms with van der Waals surface area (Å²) in [5.74, 6) is 1.07. The van der Waals surface area contributed by atoms with E-state index in [1.165, 1.54) is 18.2 Å². The molecule has 1 fully saturated rings. The largest absolute Gasteiger partial charge is 0.487 e. The van der Waals surface area contributed by atoms with Gasteiger partial charge in [0.2, 0.25) is 0 Å². The van der Waals surface area contributed by atoms with E-state index < -0.39 is 5.41 Å². The summed E-state index contributed by atoms with van der Waals surface area (Å²) in [5, 5.41) is 8.42. The molecular weight excluding hydrogens is 390 g/mol. The number of carbonyl (C=O) groups is 1. The van der Waals surface area contributed by atoms with E-state index in [0.29, 0.717) is 6.61 Å². The molecule has 1 aromatic heterocycles. The molecule has 4 rings (SSSR count). The van der Waals surface area contributed by atoms with Crippen LogP contribution in [0, 0.1) is 11.3 Å². The fourth-order valence-corrected chi connectivity index (χ4v) is 6.00. The van der Waals surface area contributed by atoms with Gasteiger partial charge in [-0.25, -0.2) is 0 Å². The molecule has 1 saturated carbocycles. The highest BCUT2D eigenvalue weighted by Gasteiger charge is 2.55. The standard InChI is InChI=1S/C25H35N3O3/c1-5-6-14-28-16-19(26-27-28)17-31-20-10-8-18-9-11-22-24(2,21(18)15-20)12-7-13-25(22,3)23(29)30-4/h8,10,15-16,22H,5-7,9,11-14,17H2,1-4H3/t22-,24-,25+/m1/s1. The van der Waals surface area contributed by atoms with Crippen molar-refractivity contribution in [3.05, 3.63) is 41.2 Å². The number of rotatable bonds is 7. The maximum absolute atomic E-state index is 12.7. The minimum absolute atomic E-state index is 0.0442. The third kappa shape index (κ3) is 3.97. The first-order valence-corrected chi connectivity index (χ1v) is 11.6. The van der Waals surface area contributed by atoms with E-state index in [-0.39, 0.29) is 17.3 Å². The van der Waals surface area contributed by atoms with Crippen LogP contribution in [0.3, 0.4) is 0 Å². The summed E-state index contributed by atoms with van der Waals surface area (Å²) in [7, 11) is 1.51. The number of hydrogen-bond acceptors (Lipinski definition) is 5. The van der Waals surface area contributed by atoms with Gasteiger partial charge in [-0.1, -0.05) is 38.0 Å². The number of ether oxygens (including phenoxy) is 2. The lowest BCUT2D eigenvalue weighted by Crippen LogP contribution is -2.52. The molecule has 0 bridgehead atoms. The molecule has 1 aromatic carbocycles. The van der Waals surface area contributed by atoms with E-state index in [1.807, 2.05) is 10.9 Å². The molecule has 6 nitrogen and oxygen atoms in total. The third-order valence-corrected chi connectivity index (χ3v) is 7.69. The molecule has 6 heteroatoms. The Morgan fingerprint density at radius 3 is 2.90 bits per heavy atom. The predicted molar refractivity (Wildman–Crippen MR) is 119 cm³/mol. The Morgan fingerprint density at radius 1 is 1.29 bits per heavy atom. The van der Waals surface area contributed by atoms with Gasteiger partial charge in [0.05, 0.1) is 18.7 Å². The number of unbranched alkanes of at least 4 members (excludes halogenated alkanes) is 1. The summed E-state index contributed by atoms with van der Waals surface area (Å²) in [6.45, 7) is 7.90. The van der Waals surface area contributed by atoms with E-state index in [2.05, 4.69) is 49.3 Å². The highest BCUT2D eigenvalue weighted by molar-refractivity contribution is 5.77. The normalized spacial score (nSPS) is 27.3.